The Balaban J connectivity index is 3.11. The van der Waals surface area contributed by atoms with Crippen molar-refractivity contribution in [3.05, 3.63) is 22.2 Å². The molecular weight excluding hydrogens is 258 g/mol. The van der Waals surface area contributed by atoms with Gasteiger partial charge in [0, 0.05) is 6.04 Å². The van der Waals surface area contributed by atoms with Gasteiger partial charge in [0.05, 0.1) is 18.7 Å². The standard InChI is InChI=1S/C11H16BrNO2/c1-7(13)6-8-4-5-9(14-2)11(15-3)10(8)12/h4-5,7H,6,13H2,1-3H3. The molecule has 1 unspecified atom stereocenters. The third-order valence-corrected chi connectivity index (χ3v) is 2.98. The van der Waals surface area contributed by atoms with Gasteiger partial charge in [0.15, 0.2) is 11.5 Å². The summed E-state index contributed by atoms with van der Waals surface area (Å²) in [6.45, 7) is 1.98. The quantitative estimate of drug-likeness (QED) is 0.916. The van der Waals surface area contributed by atoms with Crippen LogP contribution in [0.25, 0.3) is 0 Å². The van der Waals surface area contributed by atoms with Crippen LogP contribution in [0.2, 0.25) is 0 Å². The molecule has 1 rings (SSSR count). The third-order valence-electron chi connectivity index (χ3n) is 2.11. The van der Waals surface area contributed by atoms with E-state index in [0.717, 1.165) is 28.0 Å². The van der Waals surface area contributed by atoms with Crippen LogP contribution in [-0.2, 0) is 6.42 Å². The fourth-order valence-corrected chi connectivity index (χ4v) is 2.09. The Morgan fingerprint density at radius 1 is 1.33 bits per heavy atom. The smallest absolute Gasteiger partial charge is 0.175 e. The van der Waals surface area contributed by atoms with Crippen LogP contribution in [0.1, 0.15) is 12.5 Å². The molecule has 1 atom stereocenters. The fraction of sp³-hybridized carbons (Fsp3) is 0.455. The zero-order chi connectivity index (χ0) is 11.4. The minimum atomic E-state index is 0.124. The molecule has 0 saturated heterocycles. The minimum Gasteiger partial charge on any atom is -0.493 e. The first-order valence-electron chi connectivity index (χ1n) is 4.75. The van der Waals surface area contributed by atoms with Crippen LogP contribution < -0.4 is 15.2 Å². The molecule has 2 N–H and O–H groups in total. The van der Waals surface area contributed by atoms with Crippen molar-refractivity contribution in [1.29, 1.82) is 0 Å². The highest BCUT2D eigenvalue weighted by Gasteiger charge is 2.13. The van der Waals surface area contributed by atoms with Gasteiger partial charge in [0.25, 0.3) is 0 Å². The first-order valence-corrected chi connectivity index (χ1v) is 5.54. The molecule has 0 spiro atoms. The van der Waals surface area contributed by atoms with Crippen LogP contribution in [0.3, 0.4) is 0 Å². The lowest BCUT2D eigenvalue weighted by Gasteiger charge is -2.14. The van der Waals surface area contributed by atoms with Gasteiger partial charge in [-0.3, -0.25) is 0 Å². The van der Waals surface area contributed by atoms with E-state index in [9.17, 15) is 0 Å². The van der Waals surface area contributed by atoms with Crippen molar-refractivity contribution in [3.63, 3.8) is 0 Å². The highest BCUT2D eigenvalue weighted by Crippen LogP contribution is 2.37. The van der Waals surface area contributed by atoms with E-state index in [1.54, 1.807) is 14.2 Å². The third kappa shape index (κ3) is 2.86. The normalized spacial score (nSPS) is 12.3. The second-order valence-electron chi connectivity index (χ2n) is 3.46. The average molecular weight is 274 g/mol. The number of ether oxygens (including phenoxy) is 2. The van der Waals surface area contributed by atoms with Gasteiger partial charge < -0.3 is 15.2 Å². The van der Waals surface area contributed by atoms with E-state index in [4.69, 9.17) is 15.2 Å². The molecular formula is C11H16BrNO2. The number of hydrogen-bond donors (Lipinski definition) is 1. The largest absolute Gasteiger partial charge is 0.493 e. The van der Waals surface area contributed by atoms with E-state index < -0.39 is 0 Å². The fourth-order valence-electron chi connectivity index (χ4n) is 1.43. The summed E-state index contributed by atoms with van der Waals surface area (Å²) in [5, 5.41) is 0. The highest BCUT2D eigenvalue weighted by molar-refractivity contribution is 9.10. The number of rotatable bonds is 4. The van der Waals surface area contributed by atoms with Crippen LogP contribution in [0.15, 0.2) is 16.6 Å². The number of nitrogens with two attached hydrogens (primary N) is 1. The van der Waals surface area contributed by atoms with Crippen molar-refractivity contribution < 1.29 is 9.47 Å². The van der Waals surface area contributed by atoms with Crippen molar-refractivity contribution in [2.45, 2.75) is 19.4 Å². The second kappa shape index (κ2) is 5.37. The molecule has 0 fully saturated rings. The van der Waals surface area contributed by atoms with Gasteiger partial charge in [-0.25, -0.2) is 0 Å². The predicted octanol–water partition coefficient (Wildman–Crippen LogP) is 2.36. The molecule has 0 heterocycles. The molecule has 0 aliphatic carbocycles. The maximum atomic E-state index is 5.76. The van der Waals surface area contributed by atoms with Crippen molar-refractivity contribution in [2.75, 3.05) is 14.2 Å². The van der Waals surface area contributed by atoms with Crippen LogP contribution in [0.5, 0.6) is 11.5 Å². The van der Waals surface area contributed by atoms with Gasteiger partial charge in [-0.1, -0.05) is 6.07 Å². The lowest BCUT2D eigenvalue weighted by atomic mass is 10.1. The first kappa shape index (κ1) is 12.3. The van der Waals surface area contributed by atoms with Crippen LogP contribution in [0.4, 0.5) is 0 Å². The molecule has 3 nitrogen and oxygen atoms in total. The van der Waals surface area contributed by atoms with Crippen molar-refractivity contribution in [2.24, 2.45) is 5.73 Å². The van der Waals surface area contributed by atoms with Gasteiger partial charge in [-0.15, -0.1) is 0 Å². The summed E-state index contributed by atoms with van der Waals surface area (Å²) in [7, 11) is 3.24. The number of hydrogen-bond acceptors (Lipinski definition) is 3. The van der Waals surface area contributed by atoms with Crippen LogP contribution >= 0.6 is 15.9 Å². The van der Waals surface area contributed by atoms with Crippen molar-refractivity contribution in [1.82, 2.24) is 0 Å². The van der Waals surface area contributed by atoms with Crippen LogP contribution in [0, 0.1) is 0 Å². The van der Waals surface area contributed by atoms with Gasteiger partial charge in [0.2, 0.25) is 0 Å². The first-order chi connectivity index (χ1) is 7.10. The monoisotopic (exact) mass is 273 g/mol. The molecule has 1 aromatic carbocycles. The van der Waals surface area contributed by atoms with Crippen molar-refractivity contribution in [3.8, 4) is 11.5 Å². The summed E-state index contributed by atoms with van der Waals surface area (Å²) in [6, 6.07) is 4.01. The summed E-state index contributed by atoms with van der Waals surface area (Å²) in [5.74, 6) is 1.44. The summed E-state index contributed by atoms with van der Waals surface area (Å²) >= 11 is 3.50. The Morgan fingerprint density at radius 2 is 2.00 bits per heavy atom. The maximum Gasteiger partial charge on any atom is 0.175 e. The molecule has 0 aromatic heterocycles. The topological polar surface area (TPSA) is 44.5 Å². The molecule has 84 valence electrons. The molecule has 1 aromatic rings. The molecule has 0 aliphatic rings. The molecule has 4 heteroatoms. The Hall–Kier alpha value is -0.740. The Morgan fingerprint density at radius 3 is 2.47 bits per heavy atom. The summed E-state index contributed by atoms with van der Waals surface area (Å²) in [4.78, 5) is 0. The lowest BCUT2D eigenvalue weighted by Crippen LogP contribution is -2.18. The van der Waals surface area contributed by atoms with E-state index in [2.05, 4.69) is 15.9 Å². The SMILES string of the molecule is COc1ccc(CC(C)N)c(Br)c1OC. The molecule has 0 amide bonds. The number of benzene rings is 1. The molecule has 0 saturated carbocycles. The number of halogens is 1. The Kier molecular flexibility index (Phi) is 4.42. The lowest BCUT2D eigenvalue weighted by molar-refractivity contribution is 0.352. The zero-order valence-electron chi connectivity index (χ0n) is 9.21. The highest BCUT2D eigenvalue weighted by atomic mass is 79.9. The zero-order valence-corrected chi connectivity index (χ0v) is 10.8. The molecule has 0 radical (unpaired) electrons. The Bertz CT molecular complexity index is 340. The molecule has 15 heavy (non-hydrogen) atoms. The van der Waals surface area contributed by atoms with E-state index in [-0.39, 0.29) is 6.04 Å². The van der Waals surface area contributed by atoms with E-state index in [1.807, 2.05) is 19.1 Å². The van der Waals surface area contributed by atoms with E-state index >= 15 is 0 Å². The predicted molar refractivity (Wildman–Crippen MR) is 64.6 cm³/mol. The number of methoxy groups -OCH3 is 2. The van der Waals surface area contributed by atoms with Gasteiger partial charge >= 0.3 is 0 Å². The van der Waals surface area contributed by atoms with Gasteiger partial charge in [0.1, 0.15) is 0 Å². The second-order valence-corrected chi connectivity index (χ2v) is 4.25. The van der Waals surface area contributed by atoms with Gasteiger partial charge in [-0.05, 0) is 40.9 Å². The van der Waals surface area contributed by atoms with Crippen LogP contribution in [-0.4, -0.2) is 20.3 Å². The van der Waals surface area contributed by atoms with E-state index in [0.29, 0.717) is 0 Å². The summed E-state index contributed by atoms with van der Waals surface area (Å²) in [6.07, 6.45) is 0.806. The molecule has 0 aliphatic heterocycles. The summed E-state index contributed by atoms with van der Waals surface area (Å²) in [5.41, 5.74) is 6.89. The van der Waals surface area contributed by atoms with Crippen molar-refractivity contribution >= 4 is 15.9 Å². The molecule has 0 bridgehead atoms. The minimum absolute atomic E-state index is 0.124. The maximum absolute atomic E-state index is 5.76. The average Bonchev–Trinajstić information content (AvgIpc) is 2.20. The summed E-state index contributed by atoms with van der Waals surface area (Å²) < 4.78 is 11.4. The van der Waals surface area contributed by atoms with E-state index in [1.165, 1.54) is 0 Å². The Labute approximate surface area is 98.7 Å². The van der Waals surface area contributed by atoms with Gasteiger partial charge in [-0.2, -0.15) is 0 Å².